The zero-order valence-electron chi connectivity index (χ0n) is 14.0. The summed E-state index contributed by atoms with van der Waals surface area (Å²) in [6, 6.07) is 10.8. The van der Waals surface area contributed by atoms with Gasteiger partial charge in [0.1, 0.15) is 6.33 Å². The van der Waals surface area contributed by atoms with Crippen molar-refractivity contribution < 1.29 is 9.13 Å². The smallest absolute Gasteiger partial charge is 0.165 e. The fourth-order valence-corrected chi connectivity index (χ4v) is 3.41. The number of hydrogen-bond donors (Lipinski definition) is 0. The molecule has 3 heterocycles. The van der Waals surface area contributed by atoms with Gasteiger partial charge in [0, 0.05) is 25.2 Å². The van der Waals surface area contributed by atoms with Gasteiger partial charge in [-0.05, 0) is 49.2 Å². The van der Waals surface area contributed by atoms with E-state index in [1.54, 1.807) is 29.0 Å². The van der Waals surface area contributed by atoms with Crippen LogP contribution in [-0.4, -0.2) is 39.2 Å². The molecule has 1 atom stereocenters. The van der Waals surface area contributed by atoms with Crippen molar-refractivity contribution in [3.8, 4) is 5.75 Å². The molecule has 1 aromatic carbocycles. The van der Waals surface area contributed by atoms with Crippen LogP contribution in [0.3, 0.4) is 0 Å². The molecule has 0 bridgehead atoms. The van der Waals surface area contributed by atoms with Gasteiger partial charge in [0.2, 0.25) is 0 Å². The van der Waals surface area contributed by atoms with E-state index in [-0.39, 0.29) is 5.82 Å². The van der Waals surface area contributed by atoms with E-state index in [4.69, 9.17) is 4.74 Å². The van der Waals surface area contributed by atoms with Gasteiger partial charge in [-0.2, -0.15) is 5.10 Å². The minimum Gasteiger partial charge on any atom is -0.490 e. The topological polar surface area (TPSA) is 42.7 Å². The summed E-state index contributed by atoms with van der Waals surface area (Å²) in [5.41, 5.74) is 2.10. The average molecular weight is 340 g/mol. The molecule has 1 fully saturated rings. The normalized spacial score (nSPS) is 18.5. The number of nitrogens with zero attached hydrogens (tertiary/aromatic N) is 4. The van der Waals surface area contributed by atoms with E-state index in [1.807, 2.05) is 6.20 Å². The van der Waals surface area contributed by atoms with Crippen LogP contribution < -0.4 is 4.74 Å². The Balaban J connectivity index is 1.35. The van der Waals surface area contributed by atoms with E-state index in [1.165, 1.54) is 11.6 Å². The summed E-state index contributed by atoms with van der Waals surface area (Å²) in [5.74, 6) is 0.471. The molecule has 25 heavy (non-hydrogen) atoms. The van der Waals surface area contributed by atoms with E-state index >= 15 is 0 Å². The number of ether oxygens (including phenoxy) is 1. The second-order valence-corrected chi connectivity index (χ2v) is 6.58. The first-order valence-corrected chi connectivity index (χ1v) is 8.66. The minimum atomic E-state index is -0.295. The van der Waals surface area contributed by atoms with Crippen LogP contribution in [0.1, 0.15) is 18.4 Å². The number of rotatable bonds is 5. The van der Waals surface area contributed by atoms with Crippen LogP contribution in [0, 0.1) is 11.7 Å². The third-order valence-electron chi connectivity index (χ3n) is 4.67. The molecule has 1 saturated heterocycles. The number of para-hydroxylation sites is 1. The monoisotopic (exact) mass is 340 g/mol. The van der Waals surface area contributed by atoms with Gasteiger partial charge in [0.25, 0.3) is 0 Å². The van der Waals surface area contributed by atoms with Gasteiger partial charge in [-0.25, -0.2) is 13.9 Å². The molecule has 0 spiro atoms. The Morgan fingerprint density at radius 1 is 1.24 bits per heavy atom. The SMILES string of the molecule is Fc1ccccc1OCC1CCCN(Cc2ccn3ncnc3c2)C1. The molecule has 2 aromatic heterocycles. The summed E-state index contributed by atoms with van der Waals surface area (Å²) in [6.07, 6.45) is 5.77. The van der Waals surface area contributed by atoms with E-state index in [0.717, 1.165) is 38.1 Å². The lowest BCUT2D eigenvalue weighted by Gasteiger charge is -2.32. The van der Waals surface area contributed by atoms with Crippen molar-refractivity contribution in [2.24, 2.45) is 5.92 Å². The molecule has 3 aromatic rings. The highest BCUT2D eigenvalue weighted by atomic mass is 19.1. The quantitative estimate of drug-likeness (QED) is 0.715. The third-order valence-corrected chi connectivity index (χ3v) is 4.67. The maximum Gasteiger partial charge on any atom is 0.165 e. The highest BCUT2D eigenvalue weighted by Gasteiger charge is 2.21. The molecule has 1 unspecified atom stereocenters. The number of hydrogen-bond acceptors (Lipinski definition) is 4. The predicted molar refractivity (Wildman–Crippen MR) is 92.9 cm³/mol. The molecule has 4 rings (SSSR count). The van der Waals surface area contributed by atoms with Gasteiger partial charge in [0.05, 0.1) is 6.61 Å². The highest BCUT2D eigenvalue weighted by Crippen LogP contribution is 2.22. The van der Waals surface area contributed by atoms with Gasteiger partial charge in [-0.1, -0.05) is 12.1 Å². The third kappa shape index (κ3) is 3.79. The van der Waals surface area contributed by atoms with Gasteiger partial charge >= 0.3 is 0 Å². The second-order valence-electron chi connectivity index (χ2n) is 6.58. The summed E-state index contributed by atoms with van der Waals surface area (Å²) in [6.45, 7) is 3.49. The summed E-state index contributed by atoms with van der Waals surface area (Å²) in [5, 5.41) is 4.12. The molecule has 5 nitrogen and oxygen atoms in total. The largest absolute Gasteiger partial charge is 0.490 e. The first-order valence-electron chi connectivity index (χ1n) is 8.66. The van der Waals surface area contributed by atoms with Crippen LogP contribution >= 0.6 is 0 Å². The van der Waals surface area contributed by atoms with Crippen LogP contribution in [-0.2, 0) is 6.54 Å². The molecule has 0 radical (unpaired) electrons. The summed E-state index contributed by atoms with van der Waals surface area (Å²) in [7, 11) is 0. The number of likely N-dealkylation sites (tertiary alicyclic amines) is 1. The zero-order valence-corrected chi connectivity index (χ0v) is 14.0. The number of pyridine rings is 1. The number of fused-ring (bicyclic) bond motifs is 1. The summed E-state index contributed by atoms with van der Waals surface area (Å²) < 4.78 is 21.1. The van der Waals surface area contributed by atoms with E-state index in [0.29, 0.717) is 18.3 Å². The van der Waals surface area contributed by atoms with Gasteiger partial charge in [-0.3, -0.25) is 4.90 Å². The molecule has 1 aliphatic heterocycles. The molecule has 0 aliphatic carbocycles. The maximum atomic E-state index is 13.7. The van der Waals surface area contributed by atoms with Crippen molar-refractivity contribution in [3.63, 3.8) is 0 Å². The van der Waals surface area contributed by atoms with Crippen molar-refractivity contribution >= 4 is 5.65 Å². The van der Waals surface area contributed by atoms with E-state index < -0.39 is 0 Å². The second kappa shape index (κ2) is 7.19. The van der Waals surface area contributed by atoms with E-state index in [9.17, 15) is 4.39 Å². The standard InChI is InChI=1S/C19H21FN4O/c20-17-5-1-2-6-18(17)25-13-16-4-3-8-23(12-16)11-15-7-9-24-19(10-15)21-14-22-24/h1-2,5-7,9-10,14,16H,3-4,8,11-13H2. The summed E-state index contributed by atoms with van der Waals surface area (Å²) in [4.78, 5) is 6.67. The van der Waals surface area contributed by atoms with Crippen LogP contribution in [0.5, 0.6) is 5.75 Å². The number of benzene rings is 1. The Bertz CT molecular complexity index is 850. The molecule has 0 amide bonds. The molecule has 0 saturated carbocycles. The zero-order chi connectivity index (χ0) is 17.1. The molecule has 0 N–H and O–H groups in total. The van der Waals surface area contributed by atoms with Crippen molar-refractivity contribution in [2.75, 3.05) is 19.7 Å². The Morgan fingerprint density at radius 3 is 3.08 bits per heavy atom. The minimum absolute atomic E-state index is 0.295. The summed E-state index contributed by atoms with van der Waals surface area (Å²) >= 11 is 0. The Morgan fingerprint density at radius 2 is 2.16 bits per heavy atom. The maximum absolute atomic E-state index is 13.7. The number of aromatic nitrogens is 3. The molecule has 130 valence electrons. The van der Waals surface area contributed by atoms with Crippen molar-refractivity contribution in [3.05, 3.63) is 60.3 Å². The molecular weight excluding hydrogens is 319 g/mol. The van der Waals surface area contributed by atoms with Gasteiger partial charge < -0.3 is 4.74 Å². The van der Waals surface area contributed by atoms with Crippen LogP contribution in [0.15, 0.2) is 48.9 Å². The molecular formula is C19H21FN4O. The molecule has 1 aliphatic rings. The van der Waals surface area contributed by atoms with Crippen LogP contribution in [0.4, 0.5) is 4.39 Å². The first-order chi connectivity index (χ1) is 12.3. The Hall–Kier alpha value is -2.47. The van der Waals surface area contributed by atoms with E-state index in [2.05, 4.69) is 27.1 Å². The average Bonchev–Trinajstić information content (AvgIpc) is 3.09. The van der Waals surface area contributed by atoms with Gasteiger partial charge in [-0.15, -0.1) is 0 Å². The van der Waals surface area contributed by atoms with Crippen LogP contribution in [0.25, 0.3) is 5.65 Å². The first kappa shape index (κ1) is 16.0. The number of piperidine rings is 1. The predicted octanol–water partition coefficient (Wildman–Crippen LogP) is 3.16. The Kier molecular flexibility index (Phi) is 4.61. The molecule has 6 heteroatoms. The fraction of sp³-hybridized carbons (Fsp3) is 0.368. The van der Waals surface area contributed by atoms with Gasteiger partial charge in [0.15, 0.2) is 17.2 Å². The lowest BCUT2D eigenvalue weighted by molar-refractivity contribution is 0.123. The number of halogens is 1. The lowest BCUT2D eigenvalue weighted by atomic mass is 9.98. The van der Waals surface area contributed by atoms with Crippen LogP contribution in [0.2, 0.25) is 0 Å². The van der Waals surface area contributed by atoms with Crippen molar-refractivity contribution in [1.29, 1.82) is 0 Å². The fourth-order valence-electron chi connectivity index (χ4n) is 3.41. The Labute approximate surface area is 146 Å². The van der Waals surface area contributed by atoms with Crippen molar-refractivity contribution in [1.82, 2.24) is 19.5 Å². The highest BCUT2D eigenvalue weighted by molar-refractivity contribution is 5.39. The van der Waals surface area contributed by atoms with Crippen molar-refractivity contribution in [2.45, 2.75) is 19.4 Å². The lowest BCUT2D eigenvalue weighted by Crippen LogP contribution is -2.37.